The van der Waals surface area contributed by atoms with Crippen LogP contribution in [0.25, 0.3) is 0 Å². The second kappa shape index (κ2) is 6.75. The highest BCUT2D eigenvalue weighted by Gasteiger charge is 2.11. The Morgan fingerprint density at radius 2 is 2.16 bits per heavy atom. The molecule has 0 spiro atoms. The van der Waals surface area contributed by atoms with Crippen LogP contribution in [0.15, 0.2) is 34.8 Å². The van der Waals surface area contributed by atoms with Gasteiger partial charge in [-0.2, -0.15) is 0 Å². The number of hydrogen-bond acceptors (Lipinski definition) is 3. The molecule has 1 aromatic carbocycles. The first-order valence-electron chi connectivity index (χ1n) is 5.92. The van der Waals surface area contributed by atoms with Crippen LogP contribution in [-0.4, -0.2) is 7.11 Å². The Kier molecular flexibility index (Phi) is 5.28. The molecule has 1 heterocycles. The lowest BCUT2D eigenvalue weighted by Crippen LogP contribution is -2.18. The smallest absolute Gasteiger partial charge is 0.123 e. The van der Waals surface area contributed by atoms with E-state index in [-0.39, 0.29) is 6.04 Å². The molecule has 0 saturated heterocycles. The molecule has 0 aliphatic carbocycles. The van der Waals surface area contributed by atoms with E-state index >= 15 is 0 Å². The third-order valence-corrected chi connectivity index (χ3v) is 5.36. The fourth-order valence-electron chi connectivity index (χ4n) is 1.87. The average molecular weight is 361 g/mol. The molecular formula is C14H15BrClNOS. The molecule has 0 aliphatic rings. The van der Waals surface area contributed by atoms with Crippen molar-refractivity contribution in [2.45, 2.75) is 19.5 Å². The summed E-state index contributed by atoms with van der Waals surface area (Å²) in [6.45, 7) is 2.91. The second-order valence-corrected chi connectivity index (χ2v) is 6.77. The van der Waals surface area contributed by atoms with E-state index in [0.29, 0.717) is 0 Å². The van der Waals surface area contributed by atoms with Gasteiger partial charge in [0.25, 0.3) is 0 Å². The zero-order valence-corrected chi connectivity index (χ0v) is 13.9. The minimum Gasteiger partial charge on any atom is -0.496 e. The van der Waals surface area contributed by atoms with Gasteiger partial charge in [-0.3, -0.25) is 0 Å². The lowest BCUT2D eigenvalue weighted by atomic mass is 10.1. The number of hydrogen-bond donors (Lipinski definition) is 1. The van der Waals surface area contributed by atoms with Gasteiger partial charge in [-0.05, 0) is 35.0 Å². The molecule has 0 unspecified atom stereocenters. The topological polar surface area (TPSA) is 21.3 Å². The largest absolute Gasteiger partial charge is 0.496 e. The third kappa shape index (κ3) is 3.72. The molecule has 2 aromatic rings. The Hall–Kier alpha value is -0.550. The molecule has 0 aliphatic heterocycles. The predicted octanol–water partition coefficient (Wildman–Crippen LogP) is 5.02. The van der Waals surface area contributed by atoms with Crippen LogP contribution in [0.3, 0.4) is 0 Å². The highest BCUT2D eigenvalue weighted by atomic mass is 79.9. The fraction of sp³-hybridized carbons (Fsp3) is 0.286. The monoisotopic (exact) mass is 359 g/mol. The van der Waals surface area contributed by atoms with Crippen LogP contribution < -0.4 is 10.1 Å². The number of ether oxygens (including phenoxy) is 1. The van der Waals surface area contributed by atoms with Gasteiger partial charge in [-0.25, -0.2) is 0 Å². The van der Waals surface area contributed by atoms with Crippen molar-refractivity contribution in [2.24, 2.45) is 0 Å². The number of methoxy groups -OCH3 is 1. The molecular weight excluding hydrogens is 346 g/mol. The van der Waals surface area contributed by atoms with Crippen molar-refractivity contribution in [1.82, 2.24) is 5.32 Å². The summed E-state index contributed by atoms with van der Waals surface area (Å²) in [5.41, 5.74) is 1.16. The maximum atomic E-state index is 6.03. The maximum Gasteiger partial charge on any atom is 0.123 e. The third-order valence-electron chi connectivity index (χ3n) is 2.88. The zero-order valence-electron chi connectivity index (χ0n) is 10.7. The van der Waals surface area contributed by atoms with Gasteiger partial charge in [-0.15, -0.1) is 11.3 Å². The summed E-state index contributed by atoms with van der Waals surface area (Å²) in [5, 5.41) is 3.48. The van der Waals surface area contributed by atoms with E-state index in [1.54, 1.807) is 18.4 Å². The molecule has 0 amide bonds. The molecule has 2 rings (SSSR count). The van der Waals surface area contributed by atoms with Crippen molar-refractivity contribution in [3.63, 3.8) is 0 Å². The fourth-order valence-corrected chi connectivity index (χ4v) is 3.61. The van der Waals surface area contributed by atoms with Crippen molar-refractivity contribution in [3.05, 3.63) is 49.6 Å². The minimum absolute atomic E-state index is 0.218. The molecule has 0 saturated carbocycles. The first kappa shape index (κ1) is 14.9. The lowest BCUT2D eigenvalue weighted by molar-refractivity contribution is 0.401. The van der Waals surface area contributed by atoms with Crippen LogP contribution in [0.5, 0.6) is 5.75 Å². The summed E-state index contributed by atoms with van der Waals surface area (Å²) in [5.74, 6) is 0.910. The van der Waals surface area contributed by atoms with E-state index in [4.69, 9.17) is 16.3 Å². The Morgan fingerprint density at radius 1 is 1.42 bits per heavy atom. The van der Waals surface area contributed by atoms with Crippen LogP contribution in [0.2, 0.25) is 4.34 Å². The molecule has 2 nitrogen and oxygen atoms in total. The van der Waals surface area contributed by atoms with E-state index in [1.165, 1.54) is 4.88 Å². The van der Waals surface area contributed by atoms with Gasteiger partial charge in [0.2, 0.25) is 0 Å². The van der Waals surface area contributed by atoms with Gasteiger partial charge in [0.1, 0.15) is 10.1 Å². The molecule has 1 N–H and O–H groups in total. The average Bonchev–Trinajstić information content (AvgIpc) is 2.75. The molecule has 19 heavy (non-hydrogen) atoms. The second-order valence-electron chi connectivity index (χ2n) is 4.18. The number of nitrogens with one attached hydrogen (secondary N) is 1. The van der Waals surface area contributed by atoms with Crippen LogP contribution >= 0.6 is 38.9 Å². The Morgan fingerprint density at radius 3 is 2.79 bits per heavy atom. The number of rotatable bonds is 5. The Bertz CT molecular complexity index is 539. The molecule has 5 heteroatoms. The summed E-state index contributed by atoms with van der Waals surface area (Å²) in [4.78, 5) is 1.21. The lowest BCUT2D eigenvalue weighted by Gasteiger charge is -2.16. The minimum atomic E-state index is 0.218. The van der Waals surface area contributed by atoms with Gasteiger partial charge < -0.3 is 10.1 Å². The highest BCUT2D eigenvalue weighted by Crippen LogP contribution is 2.32. The molecule has 0 bridgehead atoms. The summed E-state index contributed by atoms with van der Waals surface area (Å²) in [6.07, 6.45) is 0. The van der Waals surface area contributed by atoms with E-state index in [1.807, 2.05) is 18.2 Å². The summed E-state index contributed by atoms with van der Waals surface area (Å²) >= 11 is 11.0. The summed E-state index contributed by atoms with van der Waals surface area (Å²) < 4.78 is 7.13. The van der Waals surface area contributed by atoms with Crippen LogP contribution in [-0.2, 0) is 6.54 Å². The van der Waals surface area contributed by atoms with E-state index in [0.717, 1.165) is 26.7 Å². The first-order valence-corrected chi connectivity index (χ1v) is 7.90. The Labute approximate surface area is 130 Å². The normalized spacial score (nSPS) is 12.4. The standard InChI is InChI=1S/C14H15BrClNOS/c1-9(11-5-3-4-6-13(11)18-2)17-8-10-7-12(15)14(16)19-10/h3-7,9,17H,8H2,1-2H3/t9-/m0/s1. The van der Waals surface area contributed by atoms with E-state index in [9.17, 15) is 0 Å². The van der Waals surface area contributed by atoms with Gasteiger partial charge in [0, 0.05) is 27.5 Å². The van der Waals surface area contributed by atoms with Gasteiger partial charge in [0.05, 0.1) is 7.11 Å². The molecule has 102 valence electrons. The quantitative estimate of drug-likeness (QED) is 0.808. The highest BCUT2D eigenvalue weighted by molar-refractivity contribution is 9.10. The number of halogens is 2. The van der Waals surface area contributed by atoms with Crippen molar-refractivity contribution in [2.75, 3.05) is 7.11 Å². The number of para-hydroxylation sites is 1. The van der Waals surface area contributed by atoms with Crippen molar-refractivity contribution in [1.29, 1.82) is 0 Å². The molecule has 0 fully saturated rings. The number of benzene rings is 1. The zero-order chi connectivity index (χ0) is 13.8. The van der Waals surface area contributed by atoms with Crippen molar-refractivity contribution < 1.29 is 4.74 Å². The molecule has 1 aromatic heterocycles. The Balaban J connectivity index is 2.03. The summed E-state index contributed by atoms with van der Waals surface area (Å²) in [7, 11) is 1.70. The number of thiophene rings is 1. The molecule has 1 atom stereocenters. The van der Waals surface area contributed by atoms with E-state index < -0.39 is 0 Å². The van der Waals surface area contributed by atoms with Crippen LogP contribution in [0.1, 0.15) is 23.4 Å². The van der Waals surface area contributed by atoms with Crippen molar-refractivity contribution >= 4 is 38.9 Å². The van der Waals surface area contributed by atoms with Crippen LogP contribution in [0, 0.1) is 0 Å². The van der Waals surface area contributed by atoms with Gasteiger partial charge in [0.15, 0.2) is 0 Å². The van der Waals surface area contributed by atoms with Gasteiger partial charge >= 0.3 is 0 Å². The predicted molar refractivity (Wildman–Crippen MR) is 85.3 cm³/mol. The maximum absolute atomic E-state index is 6.03. The first-order chi connectivity index (χ1) is 9.11. The van der Waals surface area contributed by atoms with Crippen LogP contribution in [0.4, 0.5) is 0 Å². The van der Waals surface area contributed by atoms with Gasteiger partial charge in [-0.1, -0.05) is 29.8 Å². The SMILES string of the molecule is COc1ccccc1[C@H](C)NCc1cc(Br)c(Cl)s1. The van der Waals surface area contributed by atoms with E-state index in [2.05, 4.69) is 40.3 Å². The van der Waals surface area contributed by atoms with Crippen molar-refractivity contribution in [3.8, 4) is 5.75 Å². The molecule has 0 radical (unpaired) electrons. The summed E-state index contributed by atoms with van der Waals surface area (Å²) in [6, 6.07) is 10.3.